The minimum atomic E-state index is -2.86. The van der Waals surface area contributed by atoms with Gasteiger partial charge in [-0.05, 0) is 43.4 Å². The van der Waals surface area contributed by atoms with Gasteiger partial charge in [0.2, 0.25) is 0 Å². The summed E-state index contributed by atoms with van der Waals surface area (Å²) < 4.78 is 30.6. The number of alkyl halides is 2. The van der Waals surface area contributed by atoms with E-state index in [1.54, 1.807) is 19.2 Å². The summed E-state index contributed by atoms with van der Waals surface area (Å²) in [6.07, 6.45) is 5.51. The van der Waals surface area contributed by atoms with Crippen LogP contribution in [0.25, 0.3) is 16.9 Å². The molecule has 2 atom stereocenters. The Morgan fingerprint density at radius 2 is 2.25 bits per heavy atom. The van der Waals surface area contributed by atoms with Crippen molar-refractivity contribution in [2.45, 2.75) is 51.5 Å². The first-order chi connectivity index (χ1) is 13.4. The number of thiophene rings is 1. The van der Waals surface area contributed by atoms with Crippen molar-refractivity contribution in [1.29, 1.82) is 0 Å². The zero-order valence-corrected chi connectivity index (χ0v) is 16.7. The highest BCUT2D eigenvalue weighted by atomic mass is 32.1. The highest BCUT2D eigenvalue weighted by Gasteiger charge is 2.46. The van der Waals surface area contributed by atoms with Crippen molar-refractivity contribution in [2.75, 3.05) is 0 Å². The zero-order chi connectivity index (χ0) is 19.9. The van der Waals surface area contributed by atoms with Crippen LogP contribution in [-0.2, 0) is 6.42 Å². The van der Waals surface area contributed by atoms with Gasteiger partial charge in [0.1, 0.15) is 5.65 Å². The molecule has 4 nitrogen and oxygen atoms in total. The fourth-order valence-electron chi connectivity index (χ4n) is 4.01. The Labute approximate surface area is 166 Å². The predicted molar refractivity (Wildman–Crippen MR) is 107 cm³/mol. The third-order valence-electron chi connectivity index (χ3n) is 5.53. The number of carbonyl (C=O) groups is 1. The number of aromatic nitrogens is 2. The maximum atomic E-state index is 14.3. The number of pyridine rings is 1. The second-order valence-corrected chi connectivity index (χ2v) is 8.59. The summed E-state index contributed by atoms with van der Waals surface area (Å²) in [5, 5.41) is 2.62. The maximum Gasteiger partial charge on any atom is 0.268 e. The zero-order valence-electron chi connectivity index (χ0n) is 15.9. The van der Waals surface area contributed by atoms with Gasteiger partial charge in [0.05, 0.1) is 22.8 Å². The summed E-state index contributed by atoms with van der Waals surface area (Å²) in [5.74, 6) is -3.52. The van der Waals surface area contributed by atoms with Crippen molar-refractivity contribution in [1.82, 2.24) is 14.7 Å². The molecule has 0 aliphatic heterocycles. The van der Waals surface area contributed by atoms with Crippen molar-refractivity contribution < 1.29 is 13.6 Å². The van der Waals surface area contributed by atoms with E-state index < -0.39 is 17.9 Å². The quantitative estimate of drug-likeness (QED) is 0.653. The molecule has 0 saturated heterocycles. The molecular weight excluding hydrogens is 380 g/mol. The van der Waals surface area contributed by atoms with Crippen LogP contribution >= 0.6 is 11.3 Å². The van der Waals surface area contributed by atoms with E-state index in [0.29, 0.717) is 17.7 Å². The van der Waals surface area contributed by atoms with Crippen LogP contribution in [0.3, 0.4) is 0 Å². The van der Waals surface area contributed by atoms with Gasteiger partial charge in [0, 0.05) is 23.1 Å². The fourth-order valence-corrected chi connectivity index (χ4v) is 5.02. The number of aryl methyl sites for hydroxylation is 1. The van der Waals surface area contributed by atoms with Gasteiger partial charge in [-0.2, -0.15) is 0 Å². The molecule has 4 rings (SSSR count). The number of amides is 1. The number of nitrogens with one attached hydrogen (secondary N) is 1. The van der Waals surface area contributed by atoms with Gasteiger partial charge in [-0.15, -0.1) is 11.3 Å². The lowest BCUT2D eigenvalue weighted by molar-refractivity contribution is -0.0784. The first-order valence-corrected chi connectivity index (χ1v) is 10.5. The number of carbonyl (C=O) groups excluding carboxylic acids is 1. The van der Waals surface area contributed by atoms with Crippen molar-refractivity contribution in [3.63, 3.8) is 0 Å². The minimum Gasteiger partial charge on any atom is -0.342 e. The van der Waals surface area contributed by atoms with Gasteiger partial charge >= 0.3 is 0 Å². The van der Waals surface area contributed by atoms with E-state index in [9.17, 15) is 13.6 Å². The highest BCUT2D eigenvalue weighted by molar-refractivity contribution is 7.14. The number of fused-ring (bicyclic) bond motifs is 1. The molecule has 0 bridgehead atoms. The summed E-state index contributed by atoms with van der Waals surface area (Å²) >= 11 is 1.37. The third-order valence-corrected chi connectivity index (χ3v) is 6.81. The lowest BCUT2D eigenvalue weighted by Gasteiger charge is -2.36. The van der Waals surface area contributed by atoms with E-state index in [4.69, 9.17) is 0 Å². The molecule has 1 aliphatic rings. The Kier molecular flexibility index (Phi) is 4.95. The van der Waals surface area contributed by atoms with Crippen LogP contribution in [0.15, 0.2) is 36.7 Å². The van der Waals surface area contributed by atoms with Crippen LogP contribution in [0.2, 0.25) is 0 Å². The van der Waals surface area contributed by atoms with Crippen molar-refractivity contribution in [3.8, 4) is 11.3 Å². The fraction of sp³-hybridized carbons (Fsp3) is 0.429. The molecule has 0 spiro atoms. The second-order valence-electron chi connectivity index (χ2n) is 7.46. The SMILES string of the molecule is CCc1sc(C(=O)NC2C(C)CCCC2(F)F)cc1-c1cnc2ccccn12. The number of hydrogen-bond donors (Lipinski definition) is 1. The topological polar surface area (TPSA) is 46.4 Å². The predicted octanol–water partition coefficient (Wildman–Crippen LogP) is 5.18. The van der Waals surface area contributed by atoms with Crippen LogP contribution in [0.5, 0.6) is 0 Å². The molecule has 0 aromatic carbocycles. The van der Waals surface area contributed by atoms with Crippen LogP contribution in [0, 0.1) is 5.92 Å². The summed E-state index contributed by atoms with van der Waals surface area (Å²) in [5.41, 5.74) is 2.66. The standard InChI is InChI=1S/C21H23F2N3OS/c1-3-16-14(15-12-24-18-8-4-5-10-26(15)18)11-17(28-16)20(27)25-19-13(2)7-6-9-21(19,22)23/h4-5,8,10-13,19H,3,6-7,9H2,1-2H3,(H,25,27). The van der Waals surface area contributed by atoms with E-state index in [1.807, 2.05) is 35.7 Å². The molecule has 148 valence electrons. The van der Waals surface area contributed by atoms with E-state index in [2.05, 4.69) is 10.3 Å². The number of halogens is 2. The van der Waals surface area contributed by atoms with Crippen molar-refractivity contribution in [3.05, 3.63) is 46.4 Å². The van der Waals surface area contributed by atoms with Gasteiger partial charge in [-0.3, -0.25) is 9.20 Å². The number of imidazole rings is 1. The Hall–Kier alpha value is -2.28. The monoisotopic (exact) mass is 403 g/mol. The van der Waals surface area contributed by atoms with Crippen molar-refractivity contribution >= 4 is 22.9 Å². The lowest BCUT2D eigenvalue weighted by Crippen LogP contribution is -2.53. The van der Waals surface area contributed by atoms with Gasteiger partial charge in [0.25, 0.3) is 11.8 Å². The van der Waals surface area contributed by atoms with Crippen molar-refractivity contribution in [2.24, 2.45) is 5.92 Å². The molecule has 1 aliphatic carbocycles. The van der Waals surface area contributed by atoms with Gasteiger partial charge in [0.15, 0.2) is 0 Å². The molecule has 7 heteroatoms. The van der Waals surface area contributed by atoms with Gasteiger partial charge < -0.3 is 5.32 Å². The Bertz CT molecular complexity index is 1010. The molecule has 1 saturated carbocycles. The Morgan fingerprint density at radius 1 is 1.43 bits per heavy atom. The molecule has 1 amide bonds. The molecule has 0 radical (unpaired) electrons. The minimum absolute atomic E-state index is 0.167. The Balaban J connectivity index is 1.65. The number of hydrogen-bond acceptors (Lipinski definition) is 3. The summed E-state index contributed by atoms with van der Waals surface area (Å²) in [4.78, 5) is 18.7. The second kappa shape index (κ2) is 7.28. The average molecular weight is 403 g/mol. The van der Waals surface area contributed by atoms with E-state index >= 15 is 0 Å². The summed E-state index contributed by atoms with van der Waals surface area (Å²) in [6.45, 7) is 3.81. The molecule has 3 aromatic rings. The number of nitrogens with zero attached hydrogens (tertiary/aromatic N) is 2. The first kappa shape index (κ1) is 19.1. The molecule has 1 fully saturated rings. The number of rotatable bonds is 4. The molecule has 28 heavy (non-hydrogen) atoms. The molecule has 3 heterocycles. The smallest absolute Gasteiger partial charge is 0.268 e. The normalized spacial score (nSPS) is 21.7. The maximum absolute atomic E-state index is 14.3. The summed E-state index contributed by atoms with van der Waals surface area (Å²) in [6, 6.07) is 6.46. The van der Waals surface area contributed by atoms with Gasteiger partial charge in [-0.1, -0.05) is 19.9 Å². The largest absolute Gasteiger partial charge is 0.342 e. The highest BCUT2D eigenvalue weighted by Crippen LogP contribution is 2.38. The van der Waals surface area contributed by atoms with E-state index in [-0.39, 0.29) is 12.3 Å². The Morgan fingerprint density at radius 3 is 3.00 bits per heavy atom. The van der Waals surface area contributed by atoms with E-state index in [0.717, 1.165) is 28.2 Å². The summed E-state index contributed by atoms with van der Waals surface area (Å²) in [7, 11) is 0. The van der Waals surface area contributed by atoms with Crippen LogP contribution < -0.4 is 5.32 Å². The molecule has 1 N–H and O–H groups in total. The van der Waals surface area contributed by atoms with Crippen LogP contribution in [-0.4, -0.2) is 27.3 Å². The van der Waals surface area contributed by atoms with Crippen LogP contribution in [0.1, 0.15) is 47.7 Å². The molecular formula is C21H23F2N3OS. The third kappa shape index (κ3) is 3.32. The van der Waals surface area contributed by atoms with Gasteiger partial charge in [-0.25, -0.2) is 13.8 Å². The lowest BCUT2D eigenvalue weighted by atomic mass is 9.83. The van der Waals surface area contributed by atoms with E-state index in [1.165, 1.54) is 11.3 Å². The van der Waals surface area contributed by atoms with Crippen LogP contribution in [0.4, 0.5) is 8.78 Å². The first-order valence-electron chi connectivity index (χ1n) is 9.64. The average Bonchev–Trinajstić information content (AvgIpc) is 3.28. The molecule has 3 aromatic heterocycles. The molecule has 2 unspecified atom stereocenters.